The fraction of sp³-hybridized carbons (Fsp3) is 0.842. The number of aliphatic hydroxyl groups excluding tert-OH is 4. The molecule has 6 fully saturated rings. The van der Waals surface area contributed by atoms with Gasteiger partial charge in [0.05, 0.1) is 24.4 Å². The van der Waals surface area contributed by atoms with Gasteiger partial charge in [-0.05, 0) is 123 Å². The van der Waals surface area contributed by atoms with Crippen LogP contribution in [0.15, 0.2) is 23.3 Å². The maximum Gasteiger partial charge on any atom is 0.139 e. The number of rotatable bonds is 0. The largest absolute Gasteiger partial charge is 0.393 e. The van der Waals surface area contributed by atoms with E-state index in [4.69, 9.17) is 0 Å². The molecule has 8 aliphatic carbocycles. The third kappa shape index (κ3) is 4.39. The van der Waals surface area contributed by atoms with Gasteiger partial charge in [-0.1, -0.05) is 51.0 Å². The van der Waals surface area contributed by atoms with Gasteiger partial charge in [-0.2, -0.15) is 0 Å². The average molecular weight is 609 g/mol. The zero-order valence-corrected chi connectivity index (χ0v) is 27.4. The molecule has 6 nitrogen and oxygen atoms in total. The van der Waals surface area contributed by atoms with E-state index in [1.54, 1.807) is 0 Å². The van der Waals surface area contributed by atoms with Gasteiger partial charge in [-0.25, -0.2) is 0 Å². The van der Waals surface area contributed by atoms with Crippen LogP contribution >= 0.6 is 0 Å². The molecule has 44 heavy (non-hydrogen) atoms. The third-order valence-corrected chi connectivity index (χ3v) is 15.5. The van der Waals surface area contributed by atoms with E-state index in [0.29, 0.717) is 42.3 Å². The Labute approximate surface area is 263 Å². The van der Waals surface area contributed by atoms with Crippen LogP contribution in [0.2, 0.25) is 0 Å². The zero-order valence-electron chi connectivity index (χ0n) is 27.4. The van der Waals surface area contributed by atoms with E-state index in [9.17, 15) is 30.0 Å². The van der Waals surface area contributed by atoms with Gasteiger partial charge >= 0.3 is 0 Å². The SMILES string of the molecule is C[C@]12CC[C@H](O)CC1=CCC1C2CC[C@]2(C)C(=O)CCC12.C[C@]12CC[C@H](O)CC1=C[C@H](O)C1C2[C@H](O)C[C@]2(C)C(=O)CCC12. The fourth-order valence-corrected chi connectivity index (χ4v) is 12.9. The summed E-state index contributed by atoms with van der Waals surface area (Å²) in [7, 11) is 0. The molecule has 0 aliphatic heterocycles. The van der Waals surface area contributed by atoms with Crippen molar-refractivity contribution in [1.82, 2.24) is 0 Å². The molecule has 0 amide bonds. The Morgan fingerprint density at radius 3 is 1.93 bits per heavy atom. The summed E-state index contributed by atoms with van der Waals surface area (Å²) in [4.78, 5) is 24.8. The van der Waals surface area contributed by atoms with Gasteiger partial charge < -0.3 is 20.4 Å². The van der Waals surface area contributed by atoms with Gasteiger partial charge in [-0.3, -0.25) is 9.59 Å². The summed E-state index contributed by atoms with van der Waals surface area (Å²) in [5.74, 6) is 2.97. The number of allylic oxidation sites excluding steroid dienone is 1. The molecule has 14 atom stereocenters. The molecule has 0 spiro atoms. The van der Waals surface area contributed by atoms with E-state index in [2.05, 4.69) is 26.8 Å². The lowest BCUT2D eigenvalue weighted by Gasteiger charge is -2.59. The second-order valence-corrected chi connectivity index (χ2v) is 17.4. The van der Waals surface area contributed by atoms with Crippen molar-refractivity contribution in [3.63, 3.8) is 0 Å². The monoisotopic (exact) mass is 608 g/mol. The van der Waals surface area contributed by atoms with Crippen LogP contribution in [0.4, 0.5) is 0 Å². The highest BCUT2D eigenvalue weighted by Gasteiger charge is 2.64. The van der Waals surface area contributed by atoms with Crippen molar-refractivity contribution >= 4 is 11.6 Å². The Bertz CT molecular complexity index is 1270. The van der Waals surface area contributed by atoms with Gasteiger partial charge in [0.2, 0.25) is 0 Å². The zero-order chi connectivity index (χ0) is 31.4. The molecule has 0 saturated heterocycles. The Kier molecular flexibility index (Phi) is 7.52. The Morgan fingerprint density at radius 2 is 1.23 bits per heavy atom. The molecule has 244 valence electrons. The van der Waals surface area contributed by atoms with E-state index in [1.807, 2.05) is 13.0 Å². The van der Waals surface area contributed by atoms with Crippen molar-refractivity contribution in [3.8, 4) is 0 Å². The highest BCUT2D eigenvalue weighted by Crippen LogP contribution is 2.65. The first-order valence-corrected chi connectivity index (χ1v) is 17.9. The van der Waals surface area contributed by atoms with Crippen molar-refractivity contribution < 1.29 is 30.0 Å². The van der Waals surface area contributed by atoms with Gasteiger partial charge in [0.1, 0.15) is 11.6 Å². The molecule has 6 unspecified atom stereocenters. The number of aliphatic hydroxyl groups is 4. The summed E-state index contributed by atoms with van der Waals surface area (Å²) in [6.07, 6.45) is 15.3. The number of carbonyl (C=O) groups excluding carboxylic acids is 2. The minimum Gasteiger partial charge on any atom is -0.393 e. The van der Waals surface area contributed by atoms with E-state index in [0.717, 1.165) is 75.7 Å². The lowest BCUT2D eigenvalue weighted by molar-refractivity contribution is -0.157. The van der Waals surface area contributed by atoms with Crippen LogP contribution in [-0.4, -0.2) is 56.4 Å². The summed E-state index contributed by atoms with van der Waals surface area (Å²) in [6.45, 7) is 8.87. The van der Waals surface area contributed by atoms with E-state index in [1.165, 1.54) is 12.0 Å². The molecule has 0 bridgehead atoms. The summed E-state index contributed by atoms with van der Waals surface area (Å²) in [6, 6.07) is 0. The number of fused-ring (bicyclic) bond motifs is 10. The van der Waals surface area contributed by atoms with Gasteiger partial charge in [0, 0.05) is 23.7 Å². The molecule has 0 aromatic heterocycles. The predicted molar refractivity (Wildman–Crippen MR) is 168 cm³/mol. The maximum absolute atomic E-state index is 12.4. The van der Waals surface area contributed by atoms with Crippen LogP contribution in [0, 0.1) is 57.2 Å². The van der Waals surface area contributed by atoms with Crippen LogP contribution in [0.1, 0.15) is 118 Å². The molecule has 0 radical (unpaired) electrons. The van der Waals surface area contributed by atoms with E-state index in [-0.39, 0.29) is 46.6 Å². The van der Waals surface area contributed by atoms with Crippen molar-refractivity contribution in [1.29, 1.82) is 0 Å². The van der Waals surface area contributed by atoms with Gasteiger partial charge in [0.15, 0.2) is 0 Å². The Morgan fingerprint density at radius 1 is 0.659 bits per heavy atom. The first-order valence-electron chi connectivity index (χ1n) is 17.9. The second kappa shape index (κ2) is 10.6. The highest BCUT2D eigenvalue weighted by atomic mass is 16.3. The minimum absolute atomic E-state index is 0.00558. The first kappa shape index (κ1) is 31.3. The number of hydrogen-bond donors (Lipinski definition) is 4. The summed E-state index contributed by atoms with van der Waals surface area (Å²) < 4.78 is 0. The number of Topliss-reactive ketones (excluding diaryl/α,β-unsaturated/α-hetero) is 2. The molecule has 0 aromatic carbocycles. The van der Waals surface area contributed by atoms with Gasteiger partial charge in [0.25, 0.3) is 0 Å². The minimum atomic E-state index is -0.612. The average Bonchev–Trinajstić information content (AvgIpc) is 3.44. The molecule has 6 saturated carbocycles. The van der Waals surface area contributed by atoms with Crippen molar-refractivity contribution in [2.24, 2.45) is 57.2 Å². The molecule has 8 rings (SSSR count). The number of ketones is 2. The maximum atomic E-state index is 12.4. The van der Waals surface area contributed by atoms with Crippen molar-refractivity contribution in [3.05, 3.63) is 23.3 Å². The van der Waals surface area contributed by atoms with Crippen LogP contribution < -0.4 is 0 Å². The topological polar surface area (TPSA) is 115 Å². The molecule has 8 aliphatic rings. The van der Waals surface area contributed by atoms with Crippen LogP contribution in [-0.2, 0) is 9.59 Å². The molecule has 6 heteroatoms. The quantitative estimate of drug-likeness (QED) is 0.262. The van der Waals surface area contributed by atoms with Crippen LogP contribution in [0.3, 0.4) is 0 Å². The molecule has 4 N–H and O–H groups in total. The standard InChI is InChI=1S/C19H28O4.C19H28O2/c1-18-6-5-11(20)7-10(18)8-13(21)16-12-3-4-15(23)19(12,2)9-14(22)17(16)18;1-18-9-7-13(20)11-12(18)3-4-14-15-5-6-17(21)19(15,2)10-8-16(14)18/h8,11-14,16-17,20-22H,3-7,9H2,1-2H3;3,13-16,20H,4-11H2,1-2H3/t11-,12?,13-,14+,16?,17?,18-,19-;13-,14?,15?,16?,18-,19-/m00/s1. The second-order valence-electron chi connectivity index (χ2n) is 17.4. The van der Waals surface area contributed by atoms with Gasteiger partial charge in [-0.15, -0.1) is 0 Å². The Hall–Kier alpha value is -1.34. The molecular weight excluding hydrogens is 552 g/mol. The molecule has 0 aromatic rings. The summed E-state index contributed by atoms with van der Waals surface area (Å²) >= 11 is 0. The van der Waals surface area contributed by atoms with Crippen LogP contribution in [0.5, 0.6) is 0 Å². The number of hydrogen-bond acceptors (Lipinski definition) is 6. The molecular formula is C38H56O6. The summed E-state index contributed by atoms with van der Waals surface area (Å²) in [5, 5.41) is 41.8. The van der Waals surface area contributed by atoms with Crippen molar-refractivity contribution in [2.75, 3.05) is 0 Å². The fourth-order valence-electron chi connectivity index (χ4n) is 12.9. The smallest absolute Gasteiger partial charge is 0.139 e. The van der Waals surface area contributed by atoms with E-state index < -0.39 is 17.6 Å². The number of carbonyl (C=O) groups is 2. The third-order valence-electron chi connectivity index (χ3n) is 15.5. The lowest BCUT2D eigenvalue weighted by atomic mass is 9.46. The highest BCUT2D eigenvalue weighted by molar-refractivity contribution is 5.87. The first-order chi connectivity index (χ1) is 20.7. The van der Waals surface area contributed by atoms with Crippen molar-refractivity contribution in [2.45, 2.75) is 142 Å². The summed E-state index contributed by atoms with van der Waals surface area (Å²) in [5.41, 5.74) is 2.28. The lowest BCUT2D eigenvalue weighted by Crippen LogP contribution is -2.59. The normalized spacial score (nSPS) is 54.3. The van der Waals surface area contributed by atoms with E-state index >= 15 is 0 Å². The molecule has 0 heterocycles. The Balaban J connectivity index is 0.000000143. The van der Waals surface area contributed by atoms with Crippen LogP contribution in [0.25, 0.3) is 0 Å². The predicted octanol–water partition coefficient (Wildman–Crippen LogP) is 5.70.